The van der Waals surface area contributed by atoms with E-state index in [2.05, 4.69) is 33.0 Å². The van der Waals surface area contributed by atoms with Crippen LogP contribution >= 0.6 is 27.7 Å². The summed E-state index contributed by atoms with van der Waals surface area (Å²) in [6, 6.07) is 14.1. The average Bonchev–Trinajstić information content (AvgIpc) is 2.68. The normalized spacial score (nSPS) is 13.3. The minimum Gasteiger partial charge on any atom is -0.496 e. The third kappa shape index (κ3) is 3.31. The van der Waals surface area contributed by atoms with Crippen molar-refractivity contribution in [3.8, 4) is 28.3 Å². The number of nitrogens with zero attached hydrogens (tertiary/aromatic N) is 1. The van der Waals surface area contributed by atoms with Crippen LogP contribution in [0.3, 0.4) is 0 Å². The number of benzene rings is 2. The van der Waals surface area contributed by atoms with Gasteiger partial charge in [-0.2, -0.15) is 11.8 Å². The van der Waals surface area contributed by atoms with Crippen LogP contribution in [0.1, 0.15) is 11.3 Å². The second kappa shape index (κ2) is 7.29. The molecule has 6 heteroatoms. The molecule has 0 bridgehead atoms. The standard InChI is InChI=1S/C20H17BrN2O2S/c1-25-18-10-13(12-2-5-14(21)6-3-12)4-7-15(18)19-22-17-8-9-26-11-16(17)20(24)23-19/h2-7,10H,8-9,11H2,1H3,(H,22,23,24). The molecule has 0 saturated carbocycles. The highest BCUT2D eigenvalue weighted by Crippen LogP contribution is 2.33. The van der Waals surface area contributed by atoms with Crippen molar-refractivity contribution >= 4 is 27.7 Å². The van der Waals surface area contributed by atoms with Gasteiger partial charge in [-0.1, -0.05) is 34.1 Å². The zero-order chi connectivity index (χ0) is 18.1. The summed E-state index contributed by atoms with van der Waals surface area (Å²) in [4.78, 5) is 20.1. The van der Waals surface area contributed by atoms with Crippen LogP contribution in [0, 0.1) is 0 Å². The van der Waals surface area contributed by atoms with Crippen molar-refractivity contribution in [2.45, 2.75) is 12.2 Å². The van der Waals surface area contributed by atoms with Crippen LogP contribution in [0.25, 0.3) is 22.5 Å². The summed E-state index contributed by atoms with van der Waals surface area (Å²) in [5, 5.41) is 0. The van der Waals surface area contributed by atoms with Crippen LogP contribution in [0.5, 0.6) is 5.75 Å². The minimum absolute atomic E-state index is 0.0451. The summed E-state index contributed by atoms with van der Waals surface area (Å²) >= 11 is 5.23. The number of fused-ring (bicyclic) bond motifs is 1. The first-order valence-electron chi connectivity index (χ1n) is 8.30. The van der Waals surface area contributed by atoms with E-state index in [-0.39, 0.29) is 5.56 Å². The van der Waals surface area contributed by atoms with E-state index in [0.29, 0.717) is 11.6 Å². The lowest BCUT2D eigenvalue weighted by atomic mass is 10.0. The first-order chi connectivity index (χ1) is 12.7. The number of methoxy groups -OCH3 is 1. The number of hydrogen-bond acceptors (Lipinski definition) is 4. The van der Waals surface area contributed by atoms with Crippen LogP contribution in [-0.2, 0) is 12.2 Å². The van der Waals surface area contributed by atoms with Crippen LogP contribution in [0.15, 0.2) is 51.7 Å². The molecule has 3 aromatic rings. The number of ether oxygens (including phenoxy) is 1. The predicted octanol–water partition coefficient (Wildman–Crippen LogP) is 4.66. The lowest BCUT2D eigenvalue weighted by molar-refractivity contribution is 0.416. The molecule has 1 N–H and O–H groups in total. The maximum atomic E-state index is 12.4. The van der Waals surface area contributed by atoms with E-state index >= 15 is 0 Å². The van der Waals surface area contributed by atoms with E-state index in [0.717, 1.165) is 50.3 Å². The molecule has 132 valence electrons. The maximum absolute atomic E-state index is 12.4. The zero-order valence-electron chi connectivity index (χ0n) is 14.2. The first kappa shape index (κ1) is 17.4. The number of aryl methyl sites for hydroxylation is 1. The molecule has 0 radical (unpaired) electrons. The number of aromatic amines is 1. The molecule has 0 spiro atoms. The Labute approximate surface area is 164 Å². The molecule has 4 rings (SSSR count). The first-order valence-corrected chi connectivity index (χ1v) is 10.2. The average molecular weight is 429 g/mol. The van der Waals surface area contributed by atoms with Crippen molar-refractivity contribution in [3.63, 3.8) is 0 Å². The zero-order valence-corrected chi connectivity index (χ0v) is 16.6. The fourth-order valence-electron chi connectivity index (χ4n) is 3.08. The molecular formula is C20H17BrN2O2S. The number of aromatic nitrogens is 2. The number of rotatable bonds is 3. The van der Waals surface area contributed by atoms with Crippen LogP contribution < -0.4 is 10.3 Å². The Hall–Kier alpha value is -2.05. The summed E-state index contributed by atoms with van der Waals surface area (Å²) in [6.07, 6.45) is 0.830. The Kier molecular flexibility index (Phi) is 4.87. The van der Waals surface area contributed by atoms with E-state index < -0.39 is 0 Å². The molecule has 26 heavy (non-hydrogen) atoms. The van der Waals surface area contributed by atoms with Crippen LogP contribution in [0.4, 0.5) is 0 Å². The van der Waals surface area contributed by atoms with Crippen molar-refractivity contribution in [3.05, 3.63) is 68.5 Å². The third-order valence-corrected chi connectivity index (χ3v) is 5.98. The molecule has 1 aromatic heterocycles. The van der Waals surface area contributed by atoms with E-state index in [1.807, 2.05) is 30.3 Å². The Morgan fingerprint density at radius 2 is 1.92 bits per heavy atom. The Morgan fingerprint density at radius 3 is 2.69 bits per heavy atom. The van der Waals surface area contributed by atoms with E-state index in [1.54, 1.807) is 18.9 Å². The van der Waals surface area contributed by atoms with Crippen molar-refractivity contribution in [2.75, 3.05) is 12.9 Å². The lowest BCUT2D eigenvalue weighted by Crippen LogP contribution is -2.21. The molecule has 1 aliphatic heterocycles. The highest BCUT2D eigenvalue weighted by atomic mass is 79.9. The molecule has 2 heterocycles. The van der Waals surface area contributed by atoms with Crippen molar-refractivity contribution < 1.29 is 4.74 Å². The second-order valence-electron chi connectivity index (χ2n) is 6.06. The molecule has 0 fully saturated rings. The number of nitrogens with one attached hydrogen (secondary N) is 1. The van der Waals surface area contributed by atoms with Gasteiger partial charge in [-0.3, -0.25) is 4.79 Å². The number of halogens is 1. The fraction of sp³-hybridized carbons (Fsp3) is 0.200. The summed E-state index contributed by atoms with van der Waals surface area (Å²) in [6.45, 7) is 0. The third-order valence-electron chi connectivity index (χ3n) is 4.46. The molecule has 0 atom stereocenters. The number of thioether (sulfide) groups is 1. The summed E-state index contributed by atoms with van der Waals surface area (Å²) < 4.78 is 6.63. The molecule has 2 aromatic carbocycles. The van der Waals surface area contributed by atoms with Gasteiger partial charge in [0.05, 0.1) is 18.4 Å². The monoisotopic (exact) mass is 428 g/mol. The molecule has 0 amide bonds. The molecule has 0 aliphatic carbocycles. The maximum Gasteiger partial charge on any atom is 0.255 e. The van der Waals surface area contributed by atoms with Gasteiger partial charge < -0.3 is 9.72 Å². The largest absolute Gasteiger partial charge is 0.496 e. The van der Waals surface area contributed by atoms with E-state index in [9.17, 15) is 4.79 Å². The van der Waals surface area contributed by atoms with Gasteiger partial charge in [-0.25, -0.2) is 4.98 Å². The van der Waals surface area contributed by atoms with Gasteiger partial charge in [-0.15, -0.1) is 0 Å². The smallest absolute Gasteiger partial charge is 0.255 e. The molecular weight excluding hydrogens is 412 g/mol. The number of H-pyrrole nitrogens is 1. The fourth-order valence-corrected chi connectivity index (χ4v) is 4.33. The minimum atomic E-state index is -0.0451. The molecule has 4 nitrogen and oxygen atoms in total. The summed E-state index contributed by atoms with van der Waals surface area (Å²) in [5.41, 5.74) is 4.61. The molecule has 0 saturated heterocycles. The van der Waals surface area contributed by atoms with Gasteiger partial charge in [0.25, 0.3) is 5.56 Å². The van der Waals surface area contributed by atoms with E-state index in [4.69, 9.17) is 9.72 Å². The van der Waals surface area contributed by atoms with Gasteiger partial charge in [0.15, 0.2) is 0 Å². The summed E-state index contributed by atoms with van der Waals surface area (Å²) in [5.74, 6) is 3.00. The van der Waals surface area contributed by atoms with Gasteiger partial charge >= 0.3 is 0 Å². The second-order valence-corrected chi connectivity index (χ2v) is 8.09. The topological polar surface area (TPSA) is 55.0 Å². The van der Waals surface area contributed by atoms with Crippen molar-refractivity contribution in [2.24, 2.45) is 0 Å². The lowest BCUT2D eigenvalue weighted by Gasteiger charge is -2.16. The highest BCUT2D eigenvalue weighted by molar-refractivity contribution is 9.10. The highest BCUT2D eigenvalue weighted by Gasteiger charge is 2.18. The van der Waals surface area contributed by atoms with Crippen LogP contribution in [-0.4, -0.2) is 22.8 Å². The van der Waals surface area contributed by atoms with Gasteiger partial charge in [0.1, 0.15) is 11.6 Å². The predicted molar refractivity (Wildman–Crippen MR) is 110 cm³/mol. The van der Waals surface area contributed by atoms with Crippen LogP contribution in [0.2, 0.25) is 0 Å². The molecule has 0 unspecified atom stereocenters. The quantitative estimate of drug-likeness (QED) is 0.658. The van der Waals surface area contributed by atoms with Gasteiger partial charge in [0, 0.05) is 15.8 Å². The summed E-state index contributed by atoms with van der Waals surface area (Å²) in [7, 11) is 1.64. The Balaban J connectivity index is 1.79. The van der Waals surface area contributed by atoms with E-state index in [1.165, 1.54) is 0 Å². The van der Waals surface area contributed by atoms with Gasteiger partial charge in [0.2, 0.25) is 0 Å². The van der Waals surface area contributed by atoms with Gasteiger partial charge in [-0.05, 0) is 47.6 Å². The Morgan fingerprint density at radius 1 is 1.15 bits per heavy atom. The SMILES string of the molecule is COc1cc(-c2ccc(Br)cc2)ccc1-c1nc2c(c(=O)[nH]1)CSCC2. The Bertz CT molecular complexity index is 1020. The molecule has 1 aliphatic rings. The van der Waals surface area contributed by atoms with Crippen molar-refractivity contribution in [1.29, 1.82) is 0 Å². The van der Waals surface area contributed by atoms with Crippen molar-refractivity contribution in [1.82, 2.24) is 9.97 Å². The number of hydrogen-bond donors (Lipinski definition) is 1.